The molecule has 0 radical (unpaired) electrons. The molecule has 0 aliphatic rings. The Bertz CT molecular complexity index is 360. The lowest BCUT2D eigenvalue weighted by molar-refractivity contribution is -0.127. The zero-order valence-corrected chi connectivity index (χ0v) is 10.9. The maximum Gasteiger partial charge on any atom is 0.136 e. The van der Waals surface area contributed by atoms with Crippen LogP contribution in [0.3, 0.4) is 0 Å². The molecule has 0 bridgehead atoms. The number of Topliss-reactive ketones (excluding diaryl/α,β-unsaturated/α-hetero) is 3. The molecule has 0 aromatic carbocycles. The molecule has 100 valence electrons. The number of nitrogens with zero attached hydrogens (tertiary/aromatic N) is 3. The van der Waals surface area contributed by atoms with E-state index in [1.807, 2.05) is 0 Å². The Morgan fingerprint density at radius 3 is 2.44 bits per heavy atom. The fourth-order valence-electron chi connectivity index (χ4n) is 1.62. The normalized spacial score (nSPS) is 11.4. The molecule has 0 aliphatic heterocycles. The maximum atomic E-state index is 11.6. The van der Waals surface area contributed by atoms with E-state index < -0.39 is 5.92 Å². The monoisotopic (exact) mass is 253 g/mol. The van der Waals surface area contributed by atoms with Crippen LogP contribution in [0, 0.1) is 5.92 Å². The van der Waals surface area contributed by atoms with Gasteiger partial charge in [-0.1, -0.05) is 12.0 Å². The first-order chi connectivity index (χ1) is 8.51. The molecule has 0 aromatic heterocycles. The van der Waals surface area contributed by atoms with E-state index in [2.05, 4.69) is 10.0 Å². The average Bonchev–Trinajstić information content (AvgIpc) is 2.32. The first kappa shape index (κ1) is 16.3. The van der Waals surface area contributed by atoms with E-state index in [0.29, 0.717) is 25.7 Å². The van der Waals surface area contributed by atoms with E-state index in [-0.39, 0.29) is 30.3 Å². The highest BCUT2D eigenvalue weighted by molar-refractivity contribution is 5.88. The molecule has 0 saturated heterocycles. The van der Waals surface area contributed by atoms with Crippen molar-refractivity contribution in [3.05, 3.63) is 10.4 Å². The smallest absolute Gasteiger partial charge is 0.136 e. The highest BCUT2D eigenvalue weighted by Crippen LogP contribution is 2.12. The molecule has 0 amide bonds. The van der Waals surface area contributed by atoms with Crippen molar-refractivity contribution in [1.29, 1.82) is 0 Å². The average molecular weight is 253 g/mol. The summed E-state index contributed by atoms with van der Waals surface area (Å²) in [6, 6.07) is 0. The van der Waals surface area contributed by atoms with Crippen LogP contribution in [0.4, 0.5) is 0 Å². The van der Waals surface area contributed by atoms with Crippen LogP contribution in [0.1, 0.15) is 46.0 Å². The minimum atomic E-state index is -0.518. The van der Waals surface area contributed by atoms with E-state index in [9.17, 15) is 14.4 Å². The Morgan fingerprint density at radius 1 is 1.28 bits per heavy atom. The number of carbonyl (C=O) groups excluding carboxylic acids is 3. The van der Waals surface area contributed by atoms with Crippen LogP contribution in [0.25, 0.3) is 10.4 Å². The summed E-state index contributed by atoms with van der Waals surface area (Å²) in [6.45, 7) is 3.22. The third-order valence-electron chi connectivity index (χ3n) is 2.63. The first-order valence-corrected chi connectivity index (χ1v) is 6.06. The van der Waals surface area contributed by atoms with Gasteiger partial charge in [0, 0.05) is 43.1 Å². The van der Waals surface area contributed by atoms with Gasteiger partial charge in [-0.15, -0.1) is 0 Å². The molecule has 0 spiro atoms. The molecule has 0 saturated carbocycles. The fourth-order valence-corrected chi connectivity index (χ4v) is 1.62. The highest BCUT2D eigenvalue weighted by atomic mass is 16.1. The van der Waals surface area contributed by atoms with E-state index in [4.69, 9.17) is 5.53 Å². The van der Waals surface area contributed by atoms with Crippen LogP contribution in [0.5, 0.6) is 0 Å². The number of hydrogen-bond acceptors (Lipinski definition) is 4. The van der Waals surface area contributed by atoms with Gasteiger partial charge >= 0.3 is 0 Å². The summed E-state index contributed by atoms with van der Waals surface area (Å²) in [7, 11) is 0. The molecule has 0 rings (SSSR count). The molecule has 18 heavy (non-hydrogen) atoms. The van der Waals surface area contributed by atoms with Gasteiger partial charge in [0.15, 0.2) is 0 Å². The van der Waals surface area contributed by atoms with Crippen molar-refractivity contribution in [1.82, 2.24) is 0 Å². The van der Waals surface area contributed by atoms with Gasteiger partial charge in [-0.25, -0.2) is 0 Å². The Morgan fingerprint density at radius 2 is 1.94 bits per heavy atom. The van der Waals surface area contributed by atoms with Crippen molar-refractivity contribution in [2.45, 2.75) is 46.0 Å². The van der Waals surface area contributed by atoms with Crippen molar-refractivity contribution in [2.75, 3.05) is 6.54 Å². The summed E-state index contributed by atoms with van der Waals surface area (Å²) >= 11 is 0. The number of rotatable bonds is 10. The maximum absolute atomic E-state index is 11.6. The Hall–Kier alpha value is -1.68. The van der Waals surface area contributed by atoms with Gasteiger partial charge < -0.3 is 4.79 Å². The van der Waals surface area contributed by atoms with Crippen LogP contribution in [-0.4, -0.2) is 23.9 Å². The zero-order chi connectivity index (χ0) is 14.0. The van der Waals surface area contributed by atoms with E-state index in [0.717, 1.165) is 0 Å². The van der Waals surface area contributed by atoms with Crippen molar-refractivity contribution in [2.24, 2.45) is 11.0 Å². The van der Waals surface area contributed by atoms with Crippen molar-refractivity contribution in [3.63, 3.8) is 0 Å². The van der Waals surface area contributed by atoms with Gasteiger partial charge in [0.25, 0.3) is 0 Å². The summed E-state index contributed by atoms with van der Waals surface area (Å²) in [5.41, 5.74) is 8.23. The summed E-state index contributed by atoms with van der Waals surface area (Å²) in [5, 5.41) is 3.36. The van der Waals surface area contributed by atoms with Gasteiger partial charge in [0.05, 0.1) is 0 Å². The van der Waals surface area contributed by atoms with E-state index >= 15 is 0 Å². The molecule has 0 aliphatic carbocycles. The third kappa shape index (κ3) is 7.57. The minimum Gasteiger partial charge on any atom is -0.300 e. The Kier molecular flexibility index (Phi) is 8.49. The SMILES string of the molecule is CCC(=O)C(CN=[N+]=[N-])CC(=O)CCCC(C)=O. The van der Waals surface area contributed by atoms with Crippen LogP contribution < -0.4 is 0 Å². The number of hydrogen-bond donors (Lipinski definition) is 0. The second-order valence-electron chi connectivity index (χ2n) is 4.23. The number of azide groups is 1. The molecular formula is C12H19N3O3. The van der Waals surface area contributed by atoms with E-state index in [1.54, 1.807) is 6.92 Å². The van der Waals surface area contributed by atoms with Gasteiger partial charge in [0.1, 0.15) is 17.3 Å². The quantitative estimate of drug-likeness (QED) is 0.339. The lowest BCUT2D eigenvalue weighted by atomic mass is 9.94. The van der Waals surface area contributed by atoms with Crippen LogP contribution in [0.15, 0.2) is 5.11 Å². The largest absolute Gasteiger partial charge is 0.300 e. The second-order valence-corrected chi connectivity index (χ2v) is 4.23. The number of carbonyl (C=O) groups is 3. The molecular weight excluding hydrogens is 234 g/mol. The highest BCUT2D eigenvalue weighted by Gasteiger charge is 2.19. The summed E-state index contributed by atoms with van der Waals surface area (Å²) in [4.78, 5) is 36.5. The van der Waals surface area contributed by atoms with Crippen LogP contribution in [0.2, 0.25) is 0 Å². The third-order valence-corrected chi connectivity index (χ3v) is 2.63. The second kappa shape index (κ2) is 9.36. The van der Waals surface area contributed by atoms with Crippen LogP contribution >= 0.6 is 0 Å². The Labute approximate surface area is 106 Å². The van der Waals surface area contributed by atoms with Crippen molar-refractivity contribution in [3.8, 4) is 0 Å². The summed E-state index contributed by atoms with van der Waals surface area (Å²) in [5.74, 6) is -0.590. The molecule has 6 heteroatoms. The molecule has 0 N–H and O–H groups in total. The Balaban J connectivity index is 4.21. The number of ketones is 3. The van der Waals surface area contributed by atoms with Gasteiger partial charge in [-0.2, -0.15) is 0 Å². The summed E-state index contributed by atoms with van der Waals surface area (Å²) < 4.78 is 0. The lowest BCUT2D eigenvalue weighted by Crippen LogP contribution is -2.20. The first-order valence-electron chi connectivity index (χ1n) is 6.06. The summed E-state index contributed by atoms with van der Waals surface area (Å²) in [6.07, 6.45) is 1.62. The molecule has 1 atom stereocenters. The van der Waals surface area contributed by atoms with Crippen molar-refractivity contribution >= 4 is 17.3 Å². The molecule has 1 unspecified atom stereocenters. The predicted molar refractivity (Wildman–Crippen MR) is 67.0 cm³/mol. The lowest BCUT2D eigenvalue weighted by Gasteiger charge is -2.11. The predicted octanol–water partition coefficient (Wildman–Crippen LogP) is 2.61. The minimum absolute atomic E-state index is 0.0294. The molecule has 6 nitrogen and oxygen atoms in total. The molecule has 0 fully saturated rings. The van der Waals surface area contributed by atoms with Gasteiger partial charge in [0.2, 0.25) is 0 Å². The van der Waals surface area contributed by atoms with Gasteiger partial charge in [-0.05, 0) is 18.9 Å². The van der Waals surface area contributed by atoms with Gasteiger partial charge in [-0.3, -0.25) is 9.59 Å². The molecule has 0 aromatic rings. The van der Waals surface area contributed by atoms with Crippen LogP contribution in [-0.2, 0) is 14.4 Å². The van der Waals surface area contributed by atoms with E-state index in [1.165, 1.54) is 6.92 Å². The molecule has 0 heterocycles. The zero-order valence-electron chi connectivity index (χ0n) is 10.9. The fraction of sp³-hybridized carbons (Fsp3) is 0.750. The standard InChI is InChI=1S/C12H19N3O3/c1-3-12(18)10(8-14-15-13)7-11(17)6-4-5-9(2)16/h10H,3-8H2,1-2H3. The van der Waals surface area contributed by atoms with Crippen molar-refractivity contribution < 1.29 is 14.4 Å². The topological polar surface area (TPSA) is 100.0 Å².